The Balaban J connectivity index is 1.63. The van der Waals surface area contributed by atoms with Crippen LogP contribution in [0, 0.1) is 0 Å². The van der Waals surface area contributed by atoms with Gasteiger partial charge in [-0.3, -0.25) is 9.59 Å². The van der Waals surface area contributed by atoms with Gasteiger partial charge in [-0.1, -0.05) is 0 Å². The number of carbonyl (C=O) groups excluding carboxylic acids is 2. The molecule has 126 valence electrons. The Hall–Kier alpha value is -2.21. The lowest BCUT2D eigenvalue weighted by Gasteiger charge is -2.32. The number of allylic oxidation sites excluding steroid dienone is 2. The monoisotopic (exact) mass is 327 g/mol. The van der Waals surface area contributed by atoms with E-state index < -0.39 is 0 Å². The van der Waals surface area contributed by atoms with Crippen molar-refractivity contribution >= 4 is 17.4 Å². The lowest BCUT2D eigenvalue weighted by Crippen LogP contribution is -2.40. The van der Waals surface area contributed by atoms with E-state index in [1.165, 1.54) is 12.5 Å². The van der Waals surface area contributed by atoms with Crippen molar-refractivity contribution in [1.82, 2.24) is 9.88 Å². The number of ether oxygens (including phenoxy) is 1. The molecule has 0 radical (unpaired) electrons. The summed E-state index contributed by atoms with van der Waals surface area (Å²) in [4.78, 5) is 34.0. The van der Waals surface area contributed by atoms with Crippen LogP contribution in [0.15, 0.2) is 23.9 Å². The van der Waals surface area contributed by atoms with Crippen molar-refractivity contribution in [2.45, 2.75) is 19.3 Å². The first kappa shape index (κ1) is 15.3. The number of fused-ring (bicyclic) bond motifs is 1. The molecule has 1 aliphatic carbocycles. The number of piperidine rings is 1. The number of morpholine rings is 1. The Morgan fingerprint density at radius 2 is 1.67 bits per heavy atom. The first-order valence-corrected chi connectivity index (χ1v) is 8.63. The van der Waals surface area contributed by atoms with Gasteiger partial charge in [0.25, 0.3) is 0 Å². The quantitative estimate of drug-likeness (QED) is 0.823. The van der Waals surface area contributed by atoms with Crippen LogP contribution >= 0.6 is 0 Å². The highest BCUT2D eigenvalue weighted by atomic mass is 16.5. The van der Waals surface area contributed by atoms with E-state index in [2.05, 4.69) is 9.88 Å². The van der Waals surface area contributed by atoms with E-state index in [9.17, 15) is 9.59 Å². The fraction of sp³-hybridized carbons (Fsp3) is 0.500. The van der Waals surface area contributed by atoms with Crippen LogP contribution in [0.3, 0.4) is 0 Å². The number of nitrogens with zero attached hydrogens (tertiary/aromatic N) is 3. The number of ketones is 2. The standard InChI is InChI=1S/C18H21N3O3/c22-15-12-14(20-8-10-24-11-9-20)18(23)13-4-5-16(19-17(13)15)21-6-2-1-3-7-21/h4-5,12H,1-3,6-11H2. The first-order chi connectivity index (χ1) is 11.7. The molecule has 4 rings (SSSR count). The Morgan fingerprint density at radius 1 is 0.917 bits per heavy atom. The Kier molecular flexibility index (Phi) is 4.06. The number of hydrogen-bond acceptors (Lipinski definition) is 6. The van der Waals surface area contributed by atoms with E-state index in [1.807, 2.05) is 11.0 Å². The van der Waals surface area contributed by atoms with Gasteiger partial charge in [-0.15, -0.1) is 0 Å². The van der Waals surface area contributed by atoms with Gasteiger partial charge < -0.3 is 14.5 Å². The highest BCUT2D eigenvalue weighted by Gasteiger charge is 2.31. The lowest BCUT2D eigenvalue weighted by atomic mass is 9.96. The Labute approximate surface area is 141 Å². The minimum atomic E-state index is -0.176. The van der Waals surface area contributed by atoms with Gasteiger partial charge in [0, 0.05) is 32.3 Å². The average Bonchev–Trinajstić information content (AvgIpc) is 2.66. The van der Waals surface area contributed by atoms with Crippen LogP contribution in [0.25, 0.3) is 0 Å². The van der Waals surface area contributed by atoms with Crippen molar-refractivity contribution in [3.05, 3.63) is 35.2 Å². The number of rotatable bonds is 2. The van der Waals surface area contributed by atoms with Gasteiger partial charge in [-0.05, 0) is 31.4 Å². The normalized spacial score (nSPS) is 21.6. The van der Waals surface area contributed by atoms with Gasteiger partial charge in [-0.25, -0.2) is 4.98 Å². The maximum absolute atomic E-state index is 12.8. The van der Waals surface area contributed by atoms with Crippen LogP contribution in [0.4, 0.5) is 5.82 Å². The molecule has 0 unspecified atom stereocenters. The summed E-state index contributed by atoms with van der Waals surface area (Å²) in [6, 6.07) is 3.64. The molecular weight excluding hydrogens is 306 g/mol. The van der Waals surface area contributed by atoms with Gasteiger partial charge in [0.1, 0.15) is 11.5 Å². The Bertz CT molecular complexity index is 701. The average molecular weight is 327 g/mol. The number of hydrogen-bond donors (Lipinski definition) is 0. The molecule has 2 saturated heterocycles. The molecular formula is C18H21N3O3. The van der Waals surface area contributed by atoms with Crippen LogP contribution in [-0.4, -0.2) is 60.8 Å². The summed E-state index contributed by atoms with van der Waals surface area (Å²) in [7, 11) is 0. The number of anilines is 1. The van der Waals surface area contributed by atoms with E-state index in [-0.39, 0.29) is 11.6 Å². The fourth-order valence-electron chi connectivity index (χ4n) is 3.55. The van der Waals surface area contributed by atoms with Crippen molar-refractivity contribution in [3.63, 3.8) is 0 Å². The third-order valence-electron chi connectivity index (χ3n) is 4.89. The van der Waals surface area contributed by atoms with Crippen molar-refractivity contribution in [3.8, 4) is 0 Å². The molecule has 0 bridgehead atoms. The molecule has 1 aromatic rings. The molecule has 2 fully saturated rings. The molecule has 3 aliphatic rings. The second kappa shape index (κ2) is 6.36. The van der Waals surface area contributed by atoms with Gasteiger partial charge in [0.2, 0.25) is 11.6 Å². The fourth-order valence-corrected chi connectivity index (χ4v) is 3.55. The smallest absolute Gasteiger partial charge is 0.211 e. The molecule has 6 nitrogen and oxygen atoms in total. The molecule has 0 aromatic carbocycles. The van der Waals surface area contributed by atoms with E-state index in [0.717, 1.165) is 31.7 Å². The molecule has 0 amide bonds. The highest BCUT2D eigenvalue weighted by molar-refractivity contribution is 6.23. The SMILES string of the molecule is O=C1C(N2CCOCC2)=CC(=O)c2nc(N3CCCCC3)ccc21. The number of pyridine rings is 1. The predicted octanol–water partition coefficient (Wildman–Crippen LogP) is 1.67. The summed E-state index contributed by atoms with van der Waals surface area (Å²) in [5, 5.41) is 0. The van der Waals surface area contributed by atoms with Crippen molar-refractivity contribution < 1.29 is 14.3 Å². The molecule has 0 N–H and O–H groups in total. The molecule has 0 spiro atoms. The van der Waals surface area contributed by atoms with Crippen LogP contribution in [0.2, 0.25) is 0 Å². The van der Waals surface area contributed by atoms with E-state index in [0.29, 0.717) is 43.3 Å². The van der Waals surface area contributed by atoms with E-state index in [1.54, 1.807) is 6.07 Å². The maximum atomic E-state index is 12.8. The molecule has 1 aromatic heterocycles. The third kappa shape index (κ3) is 2.71. The summed E-state index contributed by atoms with van der Waals surface area (Å²) in [6.45, 7) is 4.36. The van der Waals surface area contributed by atoms with Gasteiger partial charge >= 0.3 is 0 Å². The van der Waals surface area contributed by atoms with Gasteiger partial charge in [0.15, 0.2) is 0 Å². The minimum absolute atomic E-state index is 0.107. The molecule has 0 atom stereocenters. The molecule has 6 heteroatoms. The number of aromatic nitrogens is 1. The second-order valence-electron chi connectivity index (χ2n) is 6.44. The third-order valence-corrected chi connectivity index (χ3v) is 4.89. The van der Waals surface area contributed by atoms with Crippen LogP contribution < -0.4 is 4.90 Å². The van der Waals surface area contributed by atoms with Crippen LogP contribution in [0.1, 0.15) is 40.1 Å². The molecule has 0 saturated carbocycles. The number of carbonyl (C=O) groups is 2. The van der Waals surface area contributed by atoms with Gasteiger partial charge in [0.05, 0.1) is 24.5 Å². The zero-order valence-electron chi connectivity index (χ0n) is 13.7. The second-order valence-corrected chi connectivity index (χ2v) is 6.44. The zero-order chi connectivity index (χ0) is 16.5. The van der Waals surface area contributed by atoms with Crippen LogP contribution in [-0.2, 0) is 4.74 Å². The molecule has 3 heterocycles. The summed E-state index contributed by atoms with van der Waals surface area (Å²) < 4.78 is 5.32. The van der Waals surface area contributed by atoms with Gasteiger partial charge in [-0.2, -0.15) is 0 Å². The lowest BCUT2D eigenvalue weighted by molar-refractivity contribution is 0.0501. The molecule has 24 heavy (non-hydrogen) atoms. The van der Waals surface area contributed by atoms with Crippen molar-refractivity contribution in [1.29, 1.82) is 0 Å². The summed E-state index contributed by atoms with van der Waals surface area (Å²) in [6.07, 6.45) is 4.98. The van der Waals surface area contributed by atoms with E-state index >= 15 is 0 Å². The predicted molar refractivity (Wildman–Crippen MR) is 89.4 cm³/mol. The summed E-state index contributed by atoms with van der Waals surface area (Å²) in [5.74, 6) is 0.520. The van der Waals surface area contributed by atoms with Crippen molar-refractivity contribution in [2.75, 3.05) is 44.3 Å². The Morgan fingerprint density at radius 3 is 2.42 bits per heavy atom. The summed E-state index contributed by atoms with van der Waals surface area (Å²) >= 11 is 0. The minimum Gasteiger partial charge on any atom is -0.378 e. The largest absolute Gasteiger partial charge is 0.378 e. The maximum Gasteiger partial charge on any atom is 0.211 e. The highest BCUT2D eigenvalue weighted by Crippen LogP contribution is 2.26. The zero-order valence-corrected chi connectivity index (χ0v) is 13.7. The first-order valence-electron chi connectivity index (χ1n) is 8.63. The number of Topliss-reactive ketones (excluding diaryl/α,β-unsaturated/α-hetero) is 1. The summed E-state index contributed by atoms with van der Waals surface area (Å²) in [5.41, 5.74) is 1.19. The molecule has 2 aliphatic heterocycles. The topological polar surface area (TPSA) is 62.7 Å². The van der Waals surface area contributed by atoms with E-state index in [4.69, 9.17) is 4.74 Å². The van der Waals surface area contributed by atoms with Crippen LogP contribution in [0.5, 0.6) is 0 Å². The van der Waals surface area contributed by atoms with Crippen molar-refractivity contribution in [2.24, 2.45) is 0 Å².